The van der Waals surface area contributed by atoms with E-state index < -0.39 is 0 Å². The van der Waals surface area contributed by atoms with Crippen molar-refractivity contribution in [1.82, 2.24) is 15.1 Å². The lowest BCUT2D eigenvalue weighted by Crippen LogP contribution is -2.44. The van der Waals surface area contributed by atoms with Crippen LogP contribution in [-0.2, 0) is 11.3 Å². The predicted molar refractivity (Wildman–Crippen MR) is 93.2 cm³/mol. The monoisotopic (exact) mass is 315 g/mol. The summed E-state index contributed by atoms with van der Waals surface area (Å²) in [6, 6.07) is 11.3. The Hall–Kier alpha value is -1.39. The summed E-state index contributed by atoms with van der Waals surface area (Å²) in [5.74, 6) is 0.328. The first-order valence-corrected chi connectivity index (χ1v) is 9.00. The first-order chi connectivity index (χ1) is 11.2. The zero-order valence-corrected chi connectivity index (χ0v) is 14.2. The molecule has 2 saturated heterocycles. The molecule has 2 aliphatic rings. The molecule has 23 heavy (non-hydrogen) atoms. The number of nitrogens with one attached hydrogen (secondary N) is 1. The second-order valence-corrected chi connectivity index (χ2v) is 6.96. The van der Waals surface area contributed by atoms with Gasteiger partial charge in [-0.3, -0.25) is 9.69 Å². The Morgan fingerprint density at radius 1 is 1.17 bits per heavy atom. The van der Waals surface area contributed by atoms with Crippen molar-refractivity contribution in [2.45, 2.75) is 50.7 Å². The molecule has 0 aromatic heterocycles. The Morgan fingerprint density at radius 3 is 2.74 bits per heavy atom. The summed E-state index contributed by atoms with van der Waals surface area (Å²) in [5, 5.41) is 3.34. The minimum absolute atomic E-state index is 0.0774. The highest BCUT2D eigenvalue weighted by Gasteiger charge is 2.29. The van der Waals surface area contributed by atoms with Crippen molar-refractivity contribution in [3.63, 3.8) is 0 Å². The molecule has 1 amide bonds. The molecular formula is C19H29N3O. The third-order valence-electron chi connectivity index (χ3n) is 5.27. The fraction of sp³-hybridized carbons (Fsp3) is 0.632. The molecule has 2 atom stereocenters. The van der Waals surface area contributed by atoms with E-state index in [-0.39, 0.29) is 6.04 Å². The first kappa shape index (κ1) is 16.5. The summed E-state index contributed by atoms with van der Waals surface area (Å²) in [5.41, 5.74) is 1.36. The largest absolute Gasteiger partial charge is 0.341 e. The fourth-order valence-electron chi connectivity index (χ4n) is 3.86. The number of rotatable bonds is 4. The molecule has 1 N–H and O–H groups in total. The maximum absolute atomic E-state index is 12.6. The Balaban J connectivity index is 1.52. The molecule has 3 rings (SSSR count). The van der Waals surface area contributed by atoms with E-state index in [1.54, 1.807) is 0 Å². The number of carbonyl (C=O) groups is 1. The average molecular weight is 315 g/mol. The van der Waals surface area contributed by atoms with E-state index in [1.807, 2.05) is 0 Å². The lowest BCUT2D eigenvalue weighted by molar-refractivity contribution is -0.133. The molecular weight excluding hydrogens is 286 g/mol. The third kappa shape index (κ3) is 4.33. The van der Waals surface area contributed by atoms with E-state index in [4.69, 9.17) is 0 Å². The highest BCUT2D eigenvalue weighted by molar-refractivity contribution is 5.82. The SMILES string of the molecule is CN(Cc1ccccc1)[C@H]1CCCN(C(=O)[C@H]2CCCN2)CC1. The Morgan fingerprint density at radius 2 is 2.00 bits per heavy atom. The van der Waals surface area contributed by atoms with Gasteiger partial charge in [-0.2, -0.15) is 0 Å². The Labute approximate surface area is 139 Å². The van der Waals surface area contributed by atoms with Gasteiger partial charge in [-0.25, -0.2) is 0 Å². The molecule has 2 fully saturated rings. The summed E-state index contributed by atoms with van der Waals surface area (Å²) in [6.07, 6.45) is 5.52. The zero-order valence-electron chi connectivity index (χ0n) is 14.2. The van der Waals surface area contributed by atoms with Crippen molar-refractivity contribution in [3.05, 3.63) is 35.9 Å². The van der Waals surface area contributed by atoms with Gasteiger partial charge >= 0.3 is 0 Å². The van der Waals surface area contributed by atoms with E-state index in [0.29, 0.717) is 11.9 Å². The van der Waals surface area contributed by atoms with Crippen LogP contribution in [0.15, 0.2) is 30.3 Å². The van der Waals surface area contributed by atoms with Gasteiger partial charge in [-0.05, 0) is 51.3 Å². The number of carbonyl (C=O) groups excluding carboxylic acids is 1. The van der Waals surface area contributed by atoms with Crippen LogP contribution in [0.3, 0.4) is 0 Å². The molecule has 4 heteroatoms. The van der Waals surface area contributed by atoms with E-state index in [1.165, 1.54) is 12.0 Å². The topological polar surface area (TPSA) is 35.6 Å². The Bertz CT molecular complexity index is 499. The van der Waals surface area contributed by atoms with Gasteiger partial charge in [0.1, 0.15) is 0 Å². The summed E-state index contributed by atoms with van der Waals surface area (Å²) < 4.78 is 0. The van der Waals surface area contributed by atoms with Gasteiger partial charge in [0.25, 0.3) is 0 Å². The van der Waals surface area contributed by atoms with Gasteiger partial charge in [0, 0.05) is 25.7 Å². The average Bonchev–Trinajstić information content (AvgIpc) is 2.99. The van der Waals surface area contributed by atoms with Crippen molar-refractivity contribution in [2.24, 2.45) is 0 Å². The van der Waals surface area contributed by atoms with Crippen LogP contribution in [0, 0.1) is 0 Å². The molecule has 1 aromatic rings. The summed E-state index contributed by atoms with van der Waals surface area (Å²) >= 11 is 0. The van der Waals surface area contributed by atoms with E-state index in [9.17, 15) is 4.79 Å². The van der Waals surface area contributed by atoms with Crippen LogP contribution in [0.25, 0.3) is 0 Å². The number of hydrogen-bond donors (Lipinski definition) is 1. The van der Waals surface area contributed by atoms with Crippen molar-refractivity contribution >= 4 is 5.91 Å². The molecule has 1 aromatic carbocycles. The minimum Gasteiger partial charge on any atom is -0.341 e. The first-order valence-electron chi connectivity index (χ1n) is 9.00. The van der Waals surface area contributed by atoms with Crippen LogP contribution in [0.2, 0.25) is 0 Å². The number of benzene rings is 1. The smallest absolute Gasteiger partial charge is 0.239 e. The molecule has 4 nitrogen and oxygen atoms in total. The molecule has 0 radical (unpaired) electrons. The van der Waals surface area contributed by atoms with Crippen molar-refractivity contribution < 1.29 is 4.79 Å². The maximum Gasteiger partial charge on any atom is 0.239 e. The van der Waals surface area contributed by atoms with Crippen LogP contribution < -0.4 is 5.32 Å². The maximum atomic E-state index is 12.6. The fourth-order valence-corrected chi connectivity index (χ4v) is 3.86. The summed E-state index contributed by atoms with van der Waals surface area (Å²) in [6.45, 7) is 3.81. The summed E-state index contributed by atoms with van der Waals surface area (Å²) in [4.78, 5) is 17.1. The van der Waals surface area contributed by atoms with Gasteiger partial charge in [0.2, 0.25) is 5.91 Å². The molecule has 0 saturated carbocycles. The molecule has 2 aliphatic heterocycles. The number of likely N-dealkylation sites (tertiary alicyclic amines) is 1. The van der Waals surface area contributed by atoms with Gasteiger partial charge in [0.15, 0.2) is 0 Å². The van der Waals surface area contributed by atoms with Crippen LogP contribution in [0.5, 0.6) is 0 Å². The second-order valence-electron chi connectivity index (χ2n) is 6.96. The lowest BCUT2D eigenvalue weighted by Gasteiger charge is -2.28. The highest BCUT2D eigenvalue weighted by atomic mass is 16.2. The van der Waals surface area contributed by atoms with E-state index in [0.717, 1.165) is 51.9 Å². The highest BCUT2D eigenvalue weighted by Crippen LogP contribution is 2.19. The van der Waals surface area contributed by atoms with Crippen LogP contribution in [-0.4, -0.2) is 54.5 Å². The van der Waals surface area contributed by atoms with Crippen LogP contribution >= 0.6 is 0 Å². The normalized spacial score (nSPS) is 25.6. The molecule has 0 bridgehead atoms. The van der Waals surface area contributed by atoms with Gasteiger partial charge < -0.3 is 10.2 Å². The number of amides is 1. The predicted octanol–water partition coefficient (Wildman–Crippen LogP) is 2.25. The minimum atomic E-state index is 0.0774. The molecule has 126 valence electrons. The molecule has 0 spiro atoms. The number of nitrogens with zero attached hydrogens (tertiary/aromatic N) is 2. The third-order valence-corrected chi connectivity index (χ3v) is 5.27. The van der Waals surface area contributed by atoms with E-state index in [2.05, 4.69) is 52.5 Å². The quantitative estimate of drug-likeness (QED) is 0.926. The second kappa shape index (κ2) is 7.93. The van der Waals surface area contributed by atoms with Gasteiger partial charge in [-0.1, -0.05) is 30.3 Å². The van der Waals surface area contributed by atoms with Gasteiger partial charge in [0.05, 0.1) is 6.04 Å². The van der Waals surface area contributed by atoms with E-state index >= 15 is 0 Å². The van der Waals surface area contributed by atoms with Crippen molar-refractivity contribution in [2.75, 3.05) is 26.7 Å². The van der Waals surface area contributed by atoms with Crippen molar-refractivity contribution in [1.29, 1.82) is 0 Å². The van der Waals surface area contributed by atoms with Crippen LogP contribution in [0.1, 0.15) is 37.7 Å². The summed E-state index contributed by atoms with van der Waals surface area (Å²) in [7, 11) is 2.22. The Kier molecular flexibility index (Phi) is 5.68. The van der Waals surface area contributed by atoms with Crippen molar-refractivity contribution in [3.8, 4) is 0 Å². The van der Waals surface area contributed by atoms with Gasteiger partial charge in [-0.15, -0.1) is 0 Å². The number of hydrogen-bond acceptors (Lipinski definition) is 3. The molecule has 0 aliphatic carbocycles. The molecule has 2 heterocycles. The zero-order chi connectivity index (χ0) is 16.1. The van der Waals surface area contributed by atoms with Crippen LogP contribution in [0.4, 0.5) is 0 Å². The standard InChI is InChI=1S/C19H29N3O/c1-21(15-16-7-3-2-4-8-16)17-9-6-13-22(14-11-17)19(23)18-10-5-12-20-18/h2-4,7-8,17-18,20H,5-6,9-15H2,1H3/t17-,18+/m0/s1. The lowest BCUT2D eigenvalue weighted by atomic mass is 10.1. The molecule has 0 unspecified atom stereocenters.